The molecule has 160 valence electrons. The van der Waals surface area contributed by atoms with Gasteiger partial charge >= 0.3 is 6.18 Å². The van der Waals surface area contributed by atoms with Crippen LogP contribution in [0.25, 0.3) is 0 Å². The number of halogens is 4. The number of phenolic OH excluding ortho intramolecular Hbond substituents is 1. The van der Waals surface area contributed by atoms with Crippen LogP contribution in [0, 0.1) is 0 Å². The summed E-state index contributed by atoms with van der Waals surface area (Å²) >= 11 is 1.02. The third kappa shape index (κ3) is 6.11. The zero-order chi connectivity index (χ0) is 20.1. The summed E-state index contributed by atoms with van der Waals surface area (Å²) in [5, 5.41) is 14.7. The Kier molecular flexibility index (Phi) is 8.37. The summed E-state index contributed by atoms with van der Waals surface area (Å²) in [6.45, 7) is 3.38. The van der Waals surface area contributed by atoms with Gasteiger partial charge in [-0.25, -0.2) is 4.98 Å². The van der Waals surface area contributed by atoms with Crippen molar-refractivity contribution in [2.75, 3.05) is 44.7 Å². The smallest absolute Gasteiger partial charge is 0.434 e. The predicted molar refractivity (Wildman–Crippen MR) is 119 cm³/mol. The lowest BCUT2D eigenvalue weighted by Gasteiger charge is -2.37. The molecule has 1 aliphatic heterocycles. The summed E-state index contributed by atoms with van der Waals surface area (Å²) < 4.78 is 37.8. The molecule has 0 spiro atoms. The molecule has 1 saturated heterocycles. The minimum absolute atomic E-state index is 0. The van der Waals surface area contributed by atoms with Crippen LogP contribution in [0.15, 0.2) is 34.6 Å². The number of aliphatic imine (C=N–C) groups is 1. The fraction of sp³-hybridized carbons (Fsp3) is 0.444. The first-order valence-electron chi connectivity index (χ1n) is 8.88. The van der Waals surface area contributed by atoms with E-state index in [-0.39, 0.29) is 29.7 Å². The summed E-state index contributed by atoms with van der Waals surface area (Å²) in [5.41, 5.74) is -0.0218. The van der Waals surface area contributed by atoms with Gasteiger partial charge in [-0.05, 0) is 12.1 Å². The number of nitrogens with zero attached hydrogens (tertiary/aromatic N) is 4. The SMILES string of the molecule is CN=C(NCCc1nc(C(F)(F)F)cs1)N1CCN(c2ccccc2O)CC1.I. The normalized spacial score (nSPS) is 15.2. The van der Waals surface area contributed by atoms with Crippen molar-refractivity contribution in [2.45, 2.75) is 12.6 Å². The number of guanidine groups is 1. The quantitative estimate of drug-likeness (QED) is 0.353. The van der Waals surface area contributed by atoms with Gasteiger partial charge < -0.3 is 20.2 Å². The van der Waals surface area contributed by atoms with E-state index in [4.69, 9.17) is 0 Å². The van der Waals surface area contributed by atoms with Crippen LogP contribution in [0.2, 0.25) is 0 Å². The second-order valence-electron chi connectivity index (χ2n) is 6.31. The number of aromatic hydroxyl groups is 1. The van der Waals surface area contributed by atoms with E-state index in [0.29, 0.717) is 23.9 Å². The maximum Gasteiger partial charge on any atom is 0.434 e. The van der Waals surface area contributed by atoms with Gasteiger partial charge in [0.25, 0.3) is 0 Å². The van der Waals surface area contributed by atoms with E-state index >= 15 is 0 Å². The third-order valence-electron chi connectivity index (χ3n) is 4.48. The first-order valence-corrected chi connectivity index (χ1v) is 9.76. The number of hydrogen-bond donors (Lipinski definition) is 2. The van der Waals surface area contributed by atoms with Gasteiger partial charge in [0, 0.05) is 51.6 Å². The first kappa shape index (κ1) is 23.5. The summed E-state index contributed by atoms with van der Waals surface area (Å²) in [5.74, 6) is 0.977. The standard InChI is InChI=1S/C18H22F3N5OS.HI/c1-22-17(23-7-6-16-24-15(12-28-16)18(19,20)21)26-10-8-25(9-11-26)13-4-2-3-5-14(13)27;/h2-5,12,27H,6-11H2,1H3,(H,22,23);1H. The number of rotatable bonds is 4. The Hall–Kier alpha value is -1.76. The summed E-state index contributed by atoms with van der Waals surface area (Å²) in [4.78, 5) is 12.1. The number of nitrogens with one attached hydrogen (secondary N) is 1. The highest BCUT2D eigenvalue weighted by Crippen LogP contribution is 2.30. The molecule has 1 fully saturated rings. The number of para-hydroxylation sites is 2. The molecule has 0 bridgehead atoms. The molecular weight excluding hydrogens is 518 g/mol. The topological polar surface area (TPSA) is 64.0 Å². The van der Waals surface area contributed by atoms with E-state index < -0.39 is 11.9 Å². The molecule has 0 atom stereocenters. The van der Waals surface area contributed by atoms with E-state index in [9.17, 15) is 18.3 Å². The summed E-state index contributed by atoms with van der Waals surface area (Å²) in [7, 11) is 1.68. The molecule has 1 aliphatic rings. The molecule has 3 rings (SSSR count). The number of piperazine rings is 1. The Labute approximate surface area is 188 Å². The van der Waals surface area contributed by atoms with E-state index in [0.717, 1.165) is 48.6 Å². The van der Waals surface area contributed by atoms with Gasteiger partial charge in [-0.1, -0.05) is 12.1 Å². The summed E-state index contributed by atoms with van der Waals surface area (Å²) in [6, 6.07) is 7.25. The molecule has 29 heavy (non-hydrogen) atoms. The van der Waals surface area contributed by atoms with Crippen molar-refractivity contribution >= 4 is 47.0 Å². The zero-order valence-corrected chi connectivity index (χ0v) is 19.0. The highest BCUT2D eigenvalue weighted by Gasteiger charge is 2.33. The second-order valence-corrected chi connectivity index (χ2v) is 7.25. The number of benzene rings is 1. The van der Waals surface area contributed by atoms with Crippen LogP contribution in [0.3, 0.4) is 0 Å². The molecule has 1 aromatic heterocycles. The highest BCUT2D eigenvalue weighted by atomic mass is 127. The molecule has 1 aromatic carbocycles. The molecule has 0 saturated carbocycles. The Morgan fingerprint density at radius 2 is 1.93 bits per heavy atom. The van der Waals surface area contributed by atoms with Crippen LogP contribution in [-0.4, -0.2) is 60.7 Å². The number of aromatic nitrogens is 1. The molecule has 2 aromatic rings. The van der Waals surface area contributed by atoms with Crippen LogP contribution in [0.5, 0.6) is 5.75 Å². The Morgan fingerprint density at radius 3 is 2.52 bits per heavy atom. The molecule has 0 amide bonds. The Balaban J connectivity index is 0.00000300. The van der Waals surface area contributed by atoms with Gasteiger partial charge in [-0.15, -0.1) is 35.3 Å². The third-order valence-corrected chi connectivity index (χ3v) is 5.39. The van der Waals surface area contributed by atoms with Crippen molar-refractivity contribution in [2.24, 2.45) is 4.99 Å². The van der Waals surface area contributed by atoms with Crippen LogP contribution < -0.4 is 10.2 Å². The van der Waals surface area contributed by atoms with Gasteiger partial charge in [-0.3, -0.25) is 4.99 Å². The minimum atomic E-state index is -4.40. The molecule has 0 aliphatic carbocycles. The van der Waals surface area contributed by atoms with Gasteiger partial charge in [0.2, 0.25) is 0 Å². The number of hydrogen-bond acceptors (Lipinski definition) is 5. The zero-order valence-electron chi connectivity index (χ0n) is 15.8. The molecule has 0 radical (unpaired) electrons. The molecule has 2 heterocycles. The average Bonchev–Trinajstić information content (AvgIpc) is 3.15. The van der Waals surface area contributed by atoms with Gasteiger partial charge in [0.05, 0.1) is 10.7 Å². The van der Waals surface area contributed by atoms with E-state index in [1.165, 1.54) is 0 Å². The number of anilines is 1. The lowest BCUT2D eigenvalue weighted by Crippen LogP contribution is -2.52. The van der Waals surface area contributed by atoms with E-state index in [1.807, 2.05) is 12.1 Å². The highest BCUT2D eigenvalue weighted by molar-refractivity contribution is 14.0. The Morgan fingerprint density at radius 1 is 1.24 bits per heavy atom. The predicted octanol–water partition coefficient (Wildman–Crippen LogP) is 3.43. The van der Waals surface area contributed by atoms with Crippen molar-refractivity contribution in [1.29, 1.82) is 0 Å². The molecule has 2 N–H and O–H groups in total. The van der Waals surface area contributed by atoms with Crippen molar-refractivity contribution in [3.8, 4) is 5.75 Å². The first-order chi connectivity index (χ1) is 13.4. The molecule has 0 unspecified atom stereocenters. The maximum absolute atomic E-state index is 12.6. The van der Waals surface area contributed by atoms with Crippen molar-refractivity contribution in [3.63, 3.8) is 0 Å². The fourth-order valence-corrected chi connectivity index (χ4v) is 3.87. The lowest BCUT2D eigenvalue weighted by molar-refractivity contribution is -0.140. The van der Waals surface area contributed by atoms with Crippen LogP contribution in [-0.2, 0) is 12.6 Å². The van der Waals surface area contributed by atoms with Gasteiger partial charge in [-0.2, -0.15) is 13.2 Å². The fourth-order valence-electron chi connectivity index (χ4n) is 3.06. The largest absolute Gasteiger partial charge is 0.506 e. The maximum atomic E-state index is 12.6. The van der Waals surface area contributed by atoms with E-state index in [2.05, 4.69) is 25.1 Å². The number of alkyl halides is 3. The monoisotopic (exact) mass is 541 g/mol. The minimum Gasteiger partial charge on any atom is -0.506 e. The van der Waals surface area contributed by atoms with Crippen molar-refractivity contribution in [1.82, 2.24) is 15.2 Å². The van der Waals surface area contributed by atoms with E-state index in [1.54, 1.807) is 19.2 Å². The lowest BCUT2D eigenvalue weighted by atomic mass is 10.2. The number of phenols is 1. The molecular formula is C18H23F3IN5OS. The van der Waals surface area contributed by atoms with Crippen LogP contribution >= 0.6 is 35.3 Å². The van der Waals surface area contributed by atoms with Gasteiger partial charge in [0.1, 0.15) is 5.75 Å². The summed E-state index contributed by atoms with van der Waals surface area (Å²) in [6.07, 6.45) is -4.00. The average molecular weight is 541 g/mol. The van der Waals surface area contributed by atoms with Crippen molar-refractivity contribution < 1.29 is 18.3 Å². The van der Waals surface area contributed by atoms with Crippen LogP contribution in [0.4, 0.5) is 18.9 Å². The second kappa shape index (κ2) is 10.3. The molecule has 11 heteroatoms. The van der Waals surface area contributed by atoms with Crippen molar-refractivity contribution in [3.05, 3.63) is 40.3 Å². The Bertz CT molecular complexity index is 822. The van der Waals surface area contributed by atoms with Gasteiger partial charge in [0.15, 0.2) is 11.7 Å². The number of thiazole rings is 1. The van der Waals surface area contributed by atoms with Crippen LogP contribution in [0.1, 0.15) is 10.7 Å². The molecule has 6 nitrogen and oxygen atoms in total.